The number of nitrogens with one attached hydrogen (secondary N) is 1. The molecule has 0 aliphatic rings. The second-order valence-electron chi connectivity index (χ2n) is 11.5. The molecular formula is C35H42N2O5. The Kier molecular flexibility index (Phi) is 9.74. The summed E-state index contributed by atoms with van der Waals surface area (Å²) in [4.78, 5) is 25.6. The Labute approximate surface area is 248 Å². The van der Waals surface area contributed by atoms with Crippen molar-refractivity contribution in [2.24, 2.45) is 0 Å². The van der Waals surface area contributed by atoms with E-state index in [1.54, 1.807) is 13.8 Å². The van der Waals surface area contributed by atoms with Gasteiger partial charge < -0.3 is 24.1 Å². The van der Waals surface area contributed by atoms with Crippen LogP contribution < -0.4 is 10.1 Å². The lowest BCUT2D eigenvalue weighted by Gasteiger charge is -2.19. The molecule has 4 aromatic rings. The van der Waals surface area contributed by atoms with E-state index in [-0.39, 0.29) is 37.2 Å². The van der Waals surface area contributed by atoms with Crippen molar-refractivity contribution in [1.29, 1.82) is 0 Å². The molecule has 0 unspecified atom stereocenters. The van der Waals surface area contributed by atoms with E-state index in [0.717, 1.165) is 39.0 Å². The van der Waals surface area contributed by atoms with Crippen molar-refractivity contribution < 1.29 is 23.8 Å². The second kappa shape index (κ2) is 13.3. The van der Waals surface area contributed by atoms with E-state index in [1.807, 2.05) is 48.7 Å². The fraction of sp³-hybridized carbons (Fsp3) is 0.371. The van der Waals surface area contributed by atoms with E-state index in [4.69, 9.17) is 14.2 Å². The molecule has 3 aromatic carbocycles. The number of nitrogens with zero attached hydrogens (tertiary/aromatic N) is 1. The molecule has 222 valence electrons. The summed E-state index contributed by atoms with van der Waals surface area (Å²) in [5.41, 5.74) is 6.26. The third-order valence-electron chi connectivity index (χ3n) is 6.97. The molecule has 0 fully saturated rings. The van der Waals surface area contributed by atoms with Crippen LogP contribution in [0.3, 0.4) is 0 Å². The summed E-state index contributed by atoms with van der Waals surface area (Å²) in [7, 11) is 0. The Hall–Kier alpha value is -4.10. The number of benzene rings is 3. The quantitative estimate of drug-likeness (QED) is 0.192. The van der Waals surface area contributed by atoms with Crippen molar-refractivity contribution >= 4 is 22.8 Å². The summed E-state index contributed by atoms with van der Waals surface area (Å²) in [5, 5.41) is 4.08. The molecule has 0 aliphatic heterocycles. The lowest BCUT2D eigenvalue weighted by atomic mass is 9.86. The smallest absolute Gasteiger partial charge is 0.355 e. The van der Waals surface area contributed by atoms with Gasteiger partial charge in [-0.1, -0.05) is 51.1 Å². The summed E-state index contributed by atoms with van der Waals surface area (Å²) >= 11 is 0. The van der Waals surface area contributed by atoms with Crippen LogP contribution in [-0.2, 0) is 26.2 Å². The van der Waals surface area contributed by atoms with Crippen LogP contribution in [-0.4, -0.2) is 42.4 Å². The van der Waals surface area contributed by atoms with Gasteiger partial charge in [0.25, 0.3) is 0 Å². The van der Waals surface area contributed by atoms with Crippen LogP contribution in [0.15, 0.2) is 66.7 Å². The summed E-state index contributed by atoms with van der Waals surface area (Å²) in [6, 6.07) is 22.5. The molecule has 0 saturated heterocycles. The minimum atomic E-state index is -0.430. The van der Waals surface area contributed by atoms with Gasteiger partial charge in [0.2, 0.25) is 0 Å². The first-order chi connectivity index (χ1) is 20.0. The Bertz CT molecular complexity index is 1530. The van der Waals surface area contributed by atoms with E-state index in [2.05, 4.69) is 62.5 Å². The maximum atomic E-state index is 13.5. The van der Waals surface area contributed by atoms with Crippen LogP contribution >= 0.6 is 0 Å². The van der Waals surface area contributed by atoms with Crippen LogP contribution in [0.5, 0.6) is 5.75 Å². The van der Waals surface area contributed by atoms with Crippen molar-refractivity contribution in [3.63, 3.8) is 0 Å². The van der Waals surface area contributed by atoms with Crippen molar-refractivity contribution in [3.8, 4) is 22.6 Å². The SMILES string of the molecule is CCOC(=O)CNCc1c(C(=O)OCC)n(-c2ccc(OC(C)C)cc2)c2ccc(-c3ccc(C(C)(C)C)cc3)cc12. The fourth-order valence-electron chi connectivity index (χ4n) is 5.01. The number of fused-ring (bicyclic) bond motifs is 1. The summed E-state index contributed by atoms with van der Waals surface area (Å²) in [5.74, 6) is -0.0280. The number of esters is 2. The maximum Gasteiger partial charge on any atom is 0.355 e. The van der Waals surface area contributed by atoms with Gasteiger partial charge in [-0.2, -0.15) is 0 Å². The highest BCUT2D eigenvalue weighted by molar-refractivity contribution is 6.01. The highest BCUT2D eigenvalue weighted by atomic mass is 16.5. The number of aromatic nitrogens is 1. The van der Waals surface area contributed by atoms with Gasteiger partial charge in [-0.3, -0.25) is 4.79 Å². The normalized spacial score (nSPS) is 11.6. The van der Waals surface area contributed by atoms with Crippen molar-refractivity contribution in [3.05, 3.63) is 83.6 Å². The van der Waals surface area contributed by atoms with E-state index >= 15 is 0 Å². The zero-order valence-electron chi connectivity index (χ0n) is 25.7. The predicted octanol–water partition coefficient (Wildman–Crippen LogP) is 7.21. The first kappa shape index (κ1) is 30.8. The zero-order valence-corrected chi connectivity index (χ0v) is 25.7. The summed E-state index contributed by atoms with van der Waals surface area (Å²) in [6.07, 6.45) is 0.0475. The van der Waals surface area contributed by atoms with Crippen molar-refractivity contribution in [2.45, 2.75) is 66.5 Å². The monoisotopic (exact) mass is 570 g/mol. The molecule has 1 aromatic heterocycles. The van der Waals surface area contributed by atoms with Crippen LogP contribution in [0.25, 0.3) is 27.7 Å². The molecular weight excluding hydrogens is 528 g/mol. The zero-order chi connectivity index (χ0) is 30.4. The molecule has 0 atom stereocenters. The number of hydrogen-bond donors (Lipinski definition) is 1. The minimum Gasteiger partial charge on any atom is -0.491 e. The molecule has 1 heterocycles. The fourth-order valence-corrected chi connectivity index (χ4v) is 5.01. The van der Waals surface area contributed by atoms with Gasteiger partial charge in [0.15, 0.2) is 0 Å². The van der Waals surface area contributed by atoms with Crippen molar-refractivity contribution in [1.82, 2.24) is 9.88 Å². The first-order valence-electron chi connectivity index (χ1n) is 14.6. The molecule has 0 bridgehead atoms. The summed E-state index contributed by atoms with van der Waals surface area (Å²) < 4.78 is 18.4. The molecule has 7 heteroatoms. The van der Waals surface area contributed by atoms with E-state index in [9.17, 15) is 9.59 Å². The highest BCUT2D eigenvalue weighted by Crippen LogP contribution is 2.35. The van der Waals surface area contributed by atoms with Crippen LogP contribution in [0.4, 0.5) is 0 Å². The molecule has 0 aliphatic carbocycles. The number of ether oxygens (including phenoxy) is 3. The topological polar surface area (TPSA) is 78.8 Å². The first-order valence-corrected chi connectivity index (χ1v) is 14.6. The lowest BCUT2D eigenvalue weighted by molar-refractivity contribution is -0.142. The number of hydrogen-bond acceptors (Lipinski definition) is 6. The molecule has 1 N–H and O–H groups in total. The Morgan fingerprint density at radius 2 is 1.50 bits per heavy atom. The van der Waals surface area contributed by atoms with Crippen LogP contribution in [0.2, 0.25) is 0 Å². The number of carbonyl (C=O) groups excluding carboxylic acids is 2. The molecule has 7 nitrogen and oxygen atoms in total. The van der Waals surface area contributed by atoms with Gasteiger partial charge >= 0.3 is 11.9 Å². The van der Waals surface area contributed by atoms with Crippen LogP contribution in [0, 0.1) is 0 Å². The Morgan fingerprint density at radius 3 is 2.10 bits per heavy atom. The largest absolute Gasteiger partial charge is 0.491 e. The average Bonchev–Trinajstić information content (AvgIpc) is 3.26. The van der Waals surface area contributed by atoms with Gasteiger partial charge in [0.1, 0.15) is 11.4 Å². The Balaban J connectivity index is 1.88. The van der Waals surface area contributed by atoms with Gasteiger partial charge in [-0.15, -0.1) is 0 Å². The Morgan fingerprint density at radius 1 is 0.857 bits per heavy atom. The van der Waals surface area contributed by atoms with E-state index in [1.165, 1.54) is 5.56 Å². The second-order valence-corrected chi connectivity index (χ2v) is 11.5. The minimum absolute atomic E-state index is 0.0258. The number of rotatable bonds is 11. The van der Waals surface area contributed by atoms with E-state index in [0.29, 0.717) is 12.3 Å². The average molecular weight is 571 g/mol. The third kappa shape index (κ3) is 7.02. The highest BCUT2D eigenvalue weighted by Gasteiger charge is 2.25. The third-order valence-corrected chi connectivity index (χ3v) is 6.97. The molecule has 4 rings (SSSR count). The molecule has 0 amide bonds. The maximum absolute atomic E-state index is 13.5. The number of carbonyl (C=O) groups is 2. The van der Waals surface area contributed by atoms with Gasteiger partial charge in [-0.05, 0) is 86.2 Å². The van der Waals surface area contributed by atoms with Gasteiger partial charge in [0.05, 0.1) is 31.4 Å². The van der Waals surface area contributed by atoms with E-state index < -0.39 is 5.97 Å². The predicted molar refractivity (Wildman–Crippen MR) is 167 cm³/mol. The summed E-state index contributed by atoms with van der Waals surface area (Å²) in [6.45, 7) is 15.0. The van der Waals surface area contributed by atoms with Gasteiger partial charge in [0, 0.05) is 23.2 Å². The lowest BCUT2D eigenvalue weighted by Crippen LogP contribution is -2.25. The van der Waals surface area contributed by atoms with Crippen molar-refractivity contribution in [2.75, 3.05) is 19.8 Å². The van der Waals surface area contributed by atoms with Crippen LogP contribution in [0.1, 0.15) is 70.1 Å². The standard InChI is InChI=1S/C35H42N2O5/c1-8-40-32(38)22-36-21-30-29-20-25(24-10-13-26(14-11-24)35(5,6)7)12-19-31(29)37(33(30)34(39)41-9-2)27-15-17-28(18-16-27)42-23(3)4/h10-20,23,36H,8-9,21-22H2,1-7H3. The van der Waals surface area contributed by atoms with Gasteiger partial charge in [-0.25, -0.2) is 4.79 Å². The molecule has 0 radical (unpaired) electrons. The molecule has 42 heavy (non-hydrogen) atoms. The molecule has 0 saturated carbocycles. The molecule has 0 spiro atoms.